The van der Waals surface area contributed by atoms with Gasteiger partial charge in [-0.3, -0.25) is 0 Å². The fraction of sp³-hybridized carbons (Fsp3) is 0.190. The number of rotatable bonds is 8. The Morgan fingerprint density at radius 1 is 1.03 bits per heavy atom. The van der Waals surface area contributed by atoms with Crippen molar-refractivity contribution in [2.24, 2.45) is 0 Å². The summed E-state index contributed by atoms with van der Waals surface area (Å²) in [4.78, 5) is 18.4. The number of nitrogens with one attached hydrogen (secondary N) is 3. The molecule has 0 spiro atoms. The molecule has 148 valence electrons. The Morgan fingerprint density at radius 2 is 1.90 bits per heavy atom. The lowest BCUT2D eigenvalue weighted by atomic mass is 10.2. The molecule has 2 aromatic heterocycles. The lowest BCUT2D eigenvalue weighted by Gasteiger charge is -2.13. The predicted molar refractivity (Wildman–Crippen MR) is 116 cm³/mol. The molecule has 4 aromatic rings. The van der Waals surface area contributed by atoms with Gasteiger partial charge in [0.05, 0.1) is 6.54 Å². The molecular formula is C21H23N7O. The lowest BCUT2D eigenvalue weighted by molar-refractivity contribution is 0.333. The van der Waals surface area contributed by atoms with Gasteiger partial charge in [0.2, 0.25) is 5.95 Å². The number of aromatic amines is 1. The summed E-state index contributed by atoms with van der Waals surface area (Å²) in [6.45, 7) is 1.12. The van der Waals surface area contributed by atoms with Gasteiger partial charge in [0.15, 0.2) is 11.5 Å². The summed E-state index contributed by atoms with van der Waals surface area (Å²) >= 11 is 0. The zero-order valence-electron chi connectivity index (χ0n) is 16.4. The van der Waals surface area contributed by atoms with E-state index in [0.717, 1.165) is 22.6 Å². The van der Waals surface area contributed by atoms with E-state index in [1.807, 2.05) is 56.6 Å². The Hall–Kier alpha value is -3.81. The number of H-pyrrole nitrogens is 1. The summed E-state index contributed by atoms with van der Waals surface area (Å²) < 4.78 is 5.71. The third-order valence-electron chi connectivity index (χ3n) is 4.32. The molecule has 2 aromatic carbocycles. The van der Waals surface area contributed by atoms with Crippen LogP contribution in [0.5, 0.6) is 5.75 Å². The molecule has 0 unspecified atom stereocenters. The summed E-state index contributed by atoms with van der Waals surface area (Å²) in [5.74, 6) is 2.14. The minimum atomic E-state index is 0.520. The van der Waals surface area contributed by atoms with Crippen molar-refractivity contribution in [3.8, 4) is 5.75 Å². The number of para-hydroxylation sites is 1. The summed E-state index contributed by atoms with van der Waals surface area (Å²) in [7, 11) is 4.02. The van der Waals surface area contributed by atoms with Crippen LogP contribution in [-0.4, -0.2) is 47.2 Å². The second-order valence-corrected chi connectivity index (χ2v) is 6.66. The normalized spacial score (nSPS) is 10.7. The van der Waals surface area contributed by atoms with E-state index >= 15 is 0 Å². The number of imidazole rings is 1. The van der Waals surface area contributed by atoms with Crippen LogP contribution in [0.15, 0.2) is 60.9 Å². The molecule has 2 heterocycles. The molecule has 3 N–H and O–H groups in total. The highest BCUT2D eigenvalue weighted by Crippen LogP contribution is 2.23. The first-order chi connectivity index (χ1) is 14.2. The monoisotopic (exact) mass is 389 g/mol. The molecule has 0 saturated carbocycles. The maximum Gasteiger partial charge on any atom is 0.207 e. The first-order valence-corrected chi connectivity index (χ1v) is 9.36. The van der Waals surface area contributed by atoms with E-state index in [-0.39, 0.29) is 0 Å². The van der Waals surface area contributed by atoms with Crippen LogP contribution in [0.2, 0.25) is 0 Å². The zero-order chi connectivity index (χ0) is 20.1. The Bertz CT molecular complexity index is 1080. The van der Waals surface area contributed by atoms with Crippen molar-refractivity contribution < 1.29 is 4.74 Å². The number of hydrogen-bond donors (Lipinski definition) is 3. The van der Waals surface area contributed by atoms with E-state index in [9.17, 15) is 0 Å². The predicted octanol–water partition coefficient (Wildman–Crippen LogP) is 3.65. The first kappa shape index (κ1) is 18.5. The fourth-order valence-corrected chi connectivity index (χ4v) is 2.88. The number of hydrogen-bond acceptors (Lipinski definition) is 7. The smallest absolute Gasteiger partial charge is 0.207 e. The molecule has 0 fully saturated rings. The van der Waals surface area contributed by atoms with Gasteiger partial charge >= 0.3 is 0 Å². The van der Waals surface area contributed by atoms with E-state index in [4.69, 9.17) is 4.74 Å². The largest absolute Gasteiger partial charge is 0.492 e. The van der Waals surface area contributed by atoms with Crippen molar-refractivity contribution in [2.75, 3.05) is 42.8 Å². The average molecular weight is 389 g/mol. The number of aromatic nitrogens is 4. The van der Waals surface area contributed by atoms with Crippen LogP contribution in [0.25, 0.3) is 11.2 Å². The molecule has 8 nitrogen and oxygen atoms in total. The standard InChI is InChI=1S/C21H23N7O/c1-28(2)16-8-6-7-15(13-16)25-21-26-18-19(23-14-24-20(18)27-21)22-11-12-29-17-9-4-3-5-10-17/h3-10,13-14H,11-12H2,1-2H3,(H3,22,23,24,25,26,27). The first-order valence-electron chi connectivity index (χ1n) is 9.36. The molecule has 4 rings (SSSR count). The van der Waals surface area contributed by atoms with Crippen LogP contribution >= 0.6 is 0 Å². The number of benzene rings is 2. The number of nitrogens with zero attached hydrogens (tertiary/aromatic N) is 4. The third-order valence-corrected chi connectivity index (χ3v) is 4.32. The minimum absolute atomic E-state index is 0.520. The molecule has 0 aliphatic carbocycles. The fourth-order valence-electron chi connectivity index (χ4n) is 2.88. The minimum Gasteiger partial charge on any atom is -0.492 e. The SMILES string of the molecule is CN(C)c1cccc(Nc2nc3ncnc(NCCOc4ccccc4)c3[nH]2)c1. The molecule has 29 heavy (non-hydrogen) atoms. The topological polar surface area (TPSA) is 91.0 Å². The van der Waals surface area contributed by atoms with Gasteiger partial charge in [-0.15, -0.1) is 0 Å². The van der Waals surface area contributed by atoms with Crippen LogP contribution in [0.1, 0.15) is 0 Å². The van der Waals surface area contributed by atoms with E-state index in [1.165, 1.54) is 6.33 Å². The maximum absolute atomic E-state index is 5.71. The number of fused-ring (bicyclic) bond motifs is 1. The maximum atomic E-state index is 5.71. The van der Waals surface area contributed by atoms with Crippen LogP contribution in [0.4, 0.5) is 23.1 Å². The molecular weight excluding hydrogens is 366 g/mol. The van der Waals surface area contributed by atoms with Gasteiger partial charge < -0.3 is 25.3 Å². The van der Waals surface area contributed by atoms with Crippen molar-refractivity contribution in [3.63, 3.8) is 0 Å². The Balaban J connectivity index is 1.43. The summed E-state index contributed by atoms with van der Waals surface area (Å²) in [6.07, 6.45) is 1.50. The van der Waals surface area contributed by atoms with Gasteiger partial charge in [0.1, 0.15) is 24.2 Å². The highest BCUT2D eigenvalue weighted by atomic mass is 16.5. The highest BCUT2D eigenvalue weighted by molar-refractivity contribution is 5.85. The Morgan fingerprint density at radius 3 is 2.72 bits per heavy atom. The second-order valence-electron chi connectivity index (χ2n) is 6.66. The Kier molecular flexibility index (Phi) is 5.42. The van der Waals surface area contributed by atoms with Gasteiger partial charge in [0, 0.05) is 25.5 Å². The van der Waals surface area contributed by atoms with Crippen molar-refractivity contribution in [1.29, 1.82) is 0 Å². The van der Waals surface area contributed by atoms with E-state index in [2.05, 4.69) is 47.6 Å². The van der Waals surface area contributed by atoms with E-state index in [1.54, 1.807) is 0 Å². The highest BCUT2D eigenvalue weighted by Gasteiger charge is 2.10. The molecule has 0 bridgehead atoms. The third kappa shape index (κ3) is 4.55. The Labute approximate surface area is 169 Å². The van der Waals surface area contributed by atoms with Gasteiger partial charge in [-0.05, 0) is 30.3 Å². The van der Waals surface area contributed by atoms with Crippen LogP contribution in [0.3, 0.4) is 0 Å². The summed E-state index contributed by atoms with van der Waals surface area (Å²) in [5, 5.41) is 6.57. The molecule has 0 saturated heterocycles. The van der Waals surface area contributed by atoms with Crippen LogP contribution < -0.4 is 20.3 Å². The lowest BCUT2D eigenvalue weighted by Crippen LogP contribution is -2.12. The zero-order valence-corrected chi connectivity index (χ0v) is 16.4. The molecule has 0 aliphatic rings. The molecule has 0 aliphatic heterocycles. The van der Waals surface area contributed by atoms with Crippen LogP contribution in [-0.2, 0) is 0 Å². The molecule has 0 amide bonds. The van der Waals surface area contributed by atoms with Gasteiger partial charge in [-0.25, -0.2) is 9.97 Å². The van der Waals surface area contributed by atoms with Gasteiger partial charge in [0.25, 0.3) is 0 Å². The van der Waals surface area contributed by atoms with Crippen molar-refractivity contribution in [3.05, 3.63) is 60.9 Å². The summed E-state index contributed by atoms with van der Waals surface area (Å²) in [5.41, 5.74) is 3.39. The van der Waals surface area contributed by atoms with Crippen molar-refractivity contribution in [1.82, 2.24) is 19.9 Å². The van der Waals surface area contributed by atoms with Gasteiger partial charge in [-0.2, -0.15) is 4.98 Å². The van der Waals surface area contributed by atoms with Gasteiger partial charge in [-0.1, -0.05) is 24.3 Å². The summed E-state index contributed by atoms with van der Waals surface area (Å²) in [6, 6.07) is 17.8. The number of ether oxygens (including phenoxy) is 1. The second kappa shape index (κ2) is 8.47. The van der Waals surface area contributed by atoms with Crippen molar-refractivity contribution >= 4 is 34.3 Å². The van der Waals surface area contributed by atoms with E-state index < -0.39 is 0 Å². The quantitative estimate of drug-likeness (QED) is 0.396. The van der Waals surface area contributed by atoms with E-state index in [0.29, 0.717) is 30.6 Å². The van der Waals surface area contributed by atoms with Crippen LogP contribution in [0, 0.1) is 0 Å². The van der Waals surface area contributed by atoms with Crippen molar-refractivity contribution in [2.45, 2.75) is 0 Å². The molecule has 8 heteroatoms. The molecule has 0 atom stereocenters. The number of anilines is 4. The molecule has 0 radical (unpaired) electrons. The average Bonchev–Trinajstić information content (AvgIpc) is 3.15.